The Balaban J connectivity index is 1.69. The zero-order valence-electron chi connectivity index (χ0n) is 13.0. The first-order valence-corrected chi connectivity index (χ1v) is 8.23. The zero-order valence-corrected chi connectivity index (χ0v) is 13.0. The molecule has 3 rings (SSSR count). The number of aryl methyl sites for hydroxylation is 1. The maximum absolute atomic E-state index is 5.45. The van der Waals surface area contributed by atoms with Crippen molar-refractivity contribution >= 4 is 11.4 Å². The molecule has 0 aromatic heterocycles. The molecule has 2 aliphatic rings. The molecule has 0 bridgehead atoms. The first kappa shape index (κ1) is 14.7. The van der Waals surface area contributed by atoms with Gasteiger partial charge in [0.15, 0.2) is 0 Å². The molecule has 1 atom stereocenters. The van der Waals surface area contributed by atoms with Crippen molar-refractivity contribution in [2.75, 3.05) is 36.9 Å². The van der Waals surface area contributed by atoms with Crippen LogP contribution in [-0.4, -0.2) is 38.4 Å². The summed E-state index contributed by atoms with van der Waals surface area (Å²) < 4.78 is 5.45. The maximum atomic E-state index is 5.45. The fourth-order valence-corrected chi connectivity index (χ4v) is 3.16. The highest BCUT2D eigenvalue weighted by Crippen LogP contribution is 2.27. The number of ether oxygens (including phenoxy) is 1. The van der Waals surface area contributed by atoms with Gasteiger partial charge in [-0.05, 0) is 56.8 Å². The number of benzene rings is 1. The third-order valence-corrected chi connectivity index (χ3v) is 4.41. The zero-order chi connectivity index (χ0) is 14.5. The van der Waals surface area contributed by atoms with Gasteiger partial charge in [0.1, 0.15) is 0 Å². The van der Waals surface area contributed by atoms with Gasteiger partial charge in [0, 0.05) is 31.8 Å². The molecule has 4 nitrogen and oxygen atoms in total. The van der Waals surface area contributed by atoms with E-state index in [1.807, 2.05) is 0 Å². The van der Waals surface area contributed by atoms with Crippen LogP contribution >= 0.6 is 0 Å². The van der Waals surface area contributed by atoms with Crippen LogP contribution in [0.4, 0.5) is 11.4 Å². The lowest BCUT2D eigenvalue weighted by molar-refractivity contribution is 0.0904. The highest BCUT2D eigenvalue weighted by molar-refractivity contribution is 5.70. The van der Waals surface area contributed by atoms with Crippen LogP contribution in [0.2, 0.25) is 0 Å². The molecule has 0 aliphatic carbocycles. The first-order chi connectivity index (χ1) is 10.3. The number of hydrogen-bond donors (Lipinski definition) is 3. The van der Waals surface area contributed by atoms with Crippen LogP contribution < -0.4 is 16.0 Å². The summed E-state index contributed by atoms with van der Waals surface area (Å²) in [7, 11) is 0. The van der Waals surface area contributed by atoms with E-state index in [-0.39, 0.29) is 0 Å². The first-order valence-electron chi connectivity index (χ1n) is 8.23. The Bertz CT molecular complexity index is 451. The highest BCUT2D eigenvalue weighted by atomic mass is 16.5. The standard InChI is InChI=1S/C17H27N3O/c1-13-4-5-16(20-15-3-2-8-18-12-15)17(11-13)19-14-6-9-21-10-7-14/h4-5,11,14-15,18-20H,2-3,6-10,12H2,1H3/t15-/m1/s1. The minimum atomic E-state index is 0.533. The van der Waals surface area contributed by atoms with Crippen molar-refractivity contribution in [1.29, 1.82) is 0 Å². The Kier molecular flexibility index (Phi) is 4.99. The summed E-state index contributed by atoms with van der Waals surface area (Å²) in [6.07, 6.45) is 4.70. The second-order valence-electron chi connectivity index (χ2n) is 6.27. The lowest BCUT2D eigenvalue weighted by Crippen LogP contribution is -2.38. The molecule has 0 radical (unpaired) electrons. The van der Waals surface area contributed by atoms with Gasteiger partial charge < -0.3 is 20.7 Å². The van der Waals surface area contributed by atoms with Crippen LogP contribution in [0.15, 0.2) is 18.2 Å². The van der Waals surface area contributed by atoms with E-state index in [2.05, 4.69) is 41.1 Å². The number of rotatable bonds is 4. The monoisotopic (exact) mass is 289 g/mol. The molecule has 3 N–H and O–H groups in total. The van der Waals surface area contributed by atoms with E-state index in [1.165, 1.54) is 29.8 Å². The van der Waals surface area contributed by atoms with Gasteiger partial charge in [-0.15, -0.1) is 0 Å². The Hall–Kier alpha value is -1.26. The predicted molar refractivity (Wildman–Crippen MR) is 88.2 cm³/mol. The SMILES string of the molecule is Cc1ccc(N[C@@H]2CCCNC2)c(NC2CCOCC2)c1. The Morgan fingerprint density at radius 2 is 1.86 bits per heavy atom. The highest BCUT2D eigenvalue weighted by Gasteiger charge is 2.17. The molecule has 1 aromatic carbocycles. The molecule has 116 valence electrons. The number of piperidine rings is 1. The van der Waals surface area contributed by atoms with Crippen LogP contribution in [0.3, 0.4) is 0 Å². The Morgan fingerprint density at radius 3 is 2.62 bits per heavy atom. The number of anilines is 2. The van der Waals surface area contributed by atoms with E-state index in [4.69, 9.17) is 4.74 Å². The summed E-state index contributed by atoms with van der Waals surface area (Å²) in [4.78, 5) is 0. The third kappa shape index (κ3) is 4.11. The fourth-order valence-electron chi connectivity index (χ4n) is 3.16. The van der Waals surface area contributed by atoms with Gasteiger partial charge in [-0.2, -0.15) is 0 Å². The quantitative estimate of drug-likeness (QED) is 0.797. The average Bonchev–Trinajstić information content (AvgIpc) is 2.52. The molecule has 1 aromatic rings. The van der Waals surface area contributed by atoms with Crippen molar-refractivity contribution in [3.63, 3.8) is 0 Å². The van der Waals surface area contributed by atoms with Crippen molar-refractivity contribution < 1.29 is 4.74 Å². The van der Waals surface area contributed by atoms with E-state index in [9.17, 15) is 0 Å². The normalized spacial score (nSPS) is 23.8. The van der Waals surface area contributed by atoms with Crippen LogP contribution in [-0.2, 0) is 4.74 Å². The molecule has 0 saturated carbocycles. The molecule has 2 heterocycles. The lowest BCUT2D eigenvalue weighted by Gasteiger charge is -2.29. The second-order valence-corrected chi connectivity index (χ2v) is 6.27. The Labute approximate surface area is 127 Å². The van der Waals surface area contributed by atoms with Crippen LogP contribution in [0.1, 0.15) is 31.2 Å². The fraction of sp³-hybridized carbons (Fsp3) is 0.647. The van der Waals surface area contributed by atoms with E-state index in [1.54, 1.807) is 0 Å². The van der Waals surface area contributed by atoms with Gasteiger partial charge in [0.25, 0.3) is 0 Å². The van der Waals surface area contributed by atoms with Crippen molar-refractivity contribution in [3.8, 4) is 0 Å². The summed E-state index contributed by atoms with van der Waals surface area (Å²) in [6, 6.07) is 7.73. The molecule has 2 fully saturated rings. The predicted octanol–water partition coefficient (Wildman–Crippen LogP) is 2.75. The summed E-state index contributed by atoms with van der Waals surface area (Å²) in [5, 5.41) is 10.9. The van der Waals surface area contributed by atoms with Crippen molar-refractivity contribution in [2.24, 2.45) is 0 Å². The lowest BCUT2D eigenvalue weighted by atomic mass is 10.1. The average molecular weight is 289 g/mol. The Morgan fingerprint density at radius 1 is 1.05 bits per heavy atom. The van der Waals surface area contributed by atoms with Gasteiger partial charge in [-0.1, -0.05) is 6.07 Å². The summed E-state index contributed by atoms with van der Waals surface area (Å²) in [5.74, 6) is 0. The summed E-state index contributed by atoms with van der Waals surface area (Å²) in [6.45, 7) is 6.11. The minimum absolute atomic E-state index is 0.533. The molecule has 2 saturated heterocycles. The van der Waals surface area contributed by atoms with Gasteiger partial charge in [-0.3, -0.25) is 0 Å². The van der Waals surface area contributed by atoms with E-state index in [0.29, 0.717) is 12.1 Å². The summed E-state index contributed by atoms with van der Waals surface area (Å²) in [5.41, 5.74) is 3.78. The van der Waals surface area contributed by atoms with Gasteiger partial charge in [0.2, 0.25) is 0 Å². The van der Waals surface area contributed by atoms with Crippen LogP contribution in [0.5, 0.6) is 0 Å². The molecule has 0 amide bonds. The van der Waals surface area contributed by atoms with Crippen molar-refractivity contribution in [2.45, 2.75) is 44.7 Å². The molecule has 21 heavy (non-hydrogen) atoms. The smallest absolute Gasteiger partial charge is 0.0580 e. The minimum Gasteiger partial charge on any atom is -0.381 e. The van der Waals surface area contributed by atoms with Crippen LogP contribution in [0.25, 0.3) is 0 Å². The molecular weight excluding hydrogens is 262 g/mol. The number of hydrogen-bond acceptors (Lipinski definition) is 4. The largest absolute Gasteiger partial charge is 0.381 e. The van der Waals surface area contributed by atoms with Crippen molar-refractivity contribution in [3.05, 3.63) is 23.8 Å². The topological polar surface area (TPSA) is 45.3 Å². The molecule has 0 unspecified atom stereocenters. The van der Waals surface area contributed by atoms with E-state index >= 15 is 0 Å². The second kappa shape index (κ2) is 7.14. The van der Waals surface area contributed by atoms with Gasteiger partial charge in [-0.25, -0.2) is 0 Å². The van der Waals surface area contributed by atoms with E-state index in [0.717, 1.165) is 39.1 Å². The molecule has 0 spiro atoms. The van der Waals surface area contributed by atoms with Crippen molar-refractivity contribution in [1.82, 2.24) is 5.32 Å². The summed E-state index contributed by atoms with van der Waals surface area (Å²) >= 11 is 0. The molecular formula is C17H27N3O. The maximum Gasteiger partial charge on any atom is 0.0580 e. The van der Waals surface area contributed by atoms with Gasteiger partial charge >= 0.3 is 0 Å². The van der Waals surface area contributed by atoms with Gasteiger partial charge in [0.05, 0.1) is 11.4 Å². The van der Waals surface area contributed by atoms with E-state index < -0.39 is 0 Å². The third-order valence-electron chi connectivity index (χ3n) is 4.41. The number of nitrogens with one attached hydrogen (secondary N) is 3. The van der Waals surface area contributed by atoms with Crippen LogP contribution in [0, 0.1) is 6.92 Å². The molecule has 4 heteroatoms. The molecule has 2 aliphatic heterocycles.